The summed E-state index contributed by atoms with van der Waals surface area (Å²) in [5, 5.41) is 9.72. The minimum Gasteiger partial charge on any atom is -0.472 e. The van der Waals surface area contributed by atoms with Gasteiger partial charge in [0.1, 0.15) is 11.7 Å². The number of aliphatic hydroxyl groups excluding tert-OH is 1. The van der Waals surface area contributed by atoms with E-state index in [2.05, 4.69) is 9.97 Å². The van der Waals surface area contributed by atoms with Gasteiger partial charge < -0.3 is 19.6 Å². The number of pyridine rings is 2. The van der Waals surface area contributed by atoms with Gasteiger partial charge in [0.15, 0.2) is 0 Å². The molecular weight excluding hydrogens is 384 g/mol. The van der Waals surface area contributed by atoms with Gasteiger partial charge in [0.25, 0.3) is 5.91 Å². The second kappa shape index (κ2) is 9.21. The Kier molecular flexibility index (Phi) is 6.66. The largest absolute Gasteiger partial charge is 0.472 e. The fourth-order valence-corrected chi connectivity index (χ4v) is 3.41. The quantitative estimate of drug-likeness (QED) is 0.805. The van der Waals surface area contributed by atoms with Gasteiger partial charge in [0.2, 0.25) is 11.8 Å². The molecule has 3 atom stereocenters. The van der Waals surface area contributed by atoms with Gasteiger partial charge in [-0.15, -0.1) is 0 Å². The number of rotatable bonds is 5. The second-order valence-corrected chi connectivity index (χ2v) is 7.84. The van der Waals surface area contributed by atoms with Gasteiger partial charge in [0.05, 0.1) is 19.2 Å². The Labute approximate surface area is 176 Å². The van der Waals surface area contributed by atoms with Gasteiger partial charge in [-0.05, 0) is 19.1 Å². The number of likely N-dealkylation sites (N-methyl/N-ethyl adjacent to an activating group) is 1. The van der Waals surface area contributed by atoms with Crippen molar-refractivity contribution in [3.8, 4) is 17.0 Å². The third kappa shape index (κ3) is 4.59. The molecule has 0 fully saturated rings. The van der Waals surface area contributed by atoms with Crippen LogP contribution in [0.15, 0.2) is 36.8 Å². The number of hydrogen-bond acceptors (Lipinski definition) is 6. The van der Waals surface area contributed by atoms with E-state index in [1.165, 1.54) is 6.92 Å². The molecule has 1 aliphatic rings. The number of hydrogen-bond donors (Lipinski definition) is 1. The van der Waals surface area contributed by atoms with E-state index in [1.54, 1.807) is 41.5 Å². The third-order valence-electron chi connectivity index (χ3n) is 5.51. The molecule has 0 spiro atoms. The van der Waals surface area contributed by atoms with Gasteiger partial charge in [-0.3, -0.25) is 14.6 Å². The predicted octanol–water partition coefficient (Wildman–Crippen LogP) is 1.84. The fourth-order valence-electron chi connectivity index (χ4n) is 3.41. The average molecular weight is 412 g/mol. The Bertz CT molecular complexity index is 905. The van der Waals surface area contributed by atoms with Crippen LogP contribution in [0.4, 0.5) is 0 Å². The van der Waals surface area contributed by atoms with Crippen LogP contribution in [-0.2, 0) is 4.79 Å². The molecule has 2 aromatic heterocycles. The number of carbonyl (C=O) groups excluding carboxylic acids is 2. The number of aromatic nitrogens is 2. The van der Waals surface area contributed by atoms with E-state index in [1.807, 2.05) is 26.0 Å². The zero-order chi connectivity index (χ0) is 21.8. The first kappa shape index (κ1) is 21.7. The number of fused-ring (bicyclic) bond motifs is 1. The minimum absolute atomic E-state index is 0.0652. The van der Waals surface area contributed by atoms with Crippen molar-refractivity contribution < 1.29 is 19.4 Å². The maximum Gasteiger partial charge on any atom is 0.259 e. The SMILES string of the molecule is CC(=O)N(C)C[C@H]1Oc2ncc(-c3cccnc3)cc2C(=O)N([C@@H](C)CO)C[C@@H]1C. The molecule has 160 valence electrons. The maximum atomic E-state index is 13.4. The lowest BCUT2D eigenvalue weighted by atomic mass is 9.99. The molecule has 0 bridgehead atoms. The summed E-state index contributed by atoms with van der Waals surface area (Å²) in [5.74, 6) is -0.145. The van der Waals surface area contributed by atoms with Crippen LogP contribution in [0.5, 0.6) is 5.88 Å². The van der Waals surface area contributed by atoms with Gasteiger partial charge >= 0.3 is 0 Å². The normalized spacial score (nSPS) is 19.9. The van der Waals surface area contributed by atoms with Crippen LogP contribution in [0.3, 0.4) is 0 Å². The summed E-state index contributed by atoms with van der Waals surface area (Å²) in [5.41, 5.74) is 1.92. The summed E-state index contributed by atoms with van der Waals surface area (Å²) in [6, 6.07) is 5.10. The summed E-state index contributed by atoms with van der Waals surface area (Å²) in [4.78, 5) is 36.9. The van der Waals surface area contributed by atoms with Crippen LogP contribution < -0.4 is 4.74 Å². The highest BCUT2D eigenvalue weighted by molar-refractivity contribution is 5.98. The fraction of sp³-hybridized carbons (Fsp3) is 0.455. The Hall–Kier alpha value is -3.00. The summed E-state index contributed by atoms with van der Waals surface area (Å²) < 4.78 is 6.16. The van der Waals surface area contributed by atoms with Crippen molar-refractivity contribution in [1.29, 1.82) is 0 Å². The summed E-state index contributed by atoms with van der Waals surface area (Å²) in [6.07, 6.45) is 4.69. The molecule has 0 unspecified atom stereocenters. The summed E-state index contributed by atoms with van der Waals surface area (Å²) >= 11 is 0. The zero-order valence-corrected chi connectivity index (χ0v) is 17.8. The monoisotopic (exact) mass is 412 g/mol. The first-order chi connectivity index (χ1) is 14.3. The molecule has 0 saturated heterocycles. The van der Waals surface area contributed by atoms with E-state index in [4.69, 9.17) is 4.74 Å². The molecule has 30 heavy (non-hydrogen) atoms. The highest BCUT2D eigenvalue weighted by atomic mass is 16.5. The molecule has 2 amide bonds. The van der Waals surface area contributed by atoms with Gasteiger partial charge in [0, 0.05) is 56.2 Å². The Balaban J connectivity index is 2.05. The lowest BCUT2D eigenvalue weighted by Crippen LogP contribution is -2.50. The average Bonchev–Trinajstić information content (AvgIpc) is 2.75. The van der Waals surface area contributed by atoms with Crippen molar-refractivity contribution >= 4 is 11.8 Å². The molecule has 3 heterocycles. The molecule has 2 aromatic rings. The van der Waals surface area contributed by atoms with E-state index in [0.717, 1.165) is 11.1 Å². The highest BCUT2D eigenvalue weighted by Gasteiger charge is 2.34. The Morgan fingerprint density at radius 3 is 2.80 bits per heavy atom. The Morgan fingerprint density at radius 2 is 2.17 bits per heavy atom. The number of nitrogens with zero attached hydrogens (tertiary/aromatic N) is 4. The lowest BCUT2D eigenvalue weighted by molar-refractivity contribution is -0.129. The predicted molar refractivity (Wildman–Crippen MR) is 112 cm³/mol. The molecule has 0 saturated carbocycles. The van der Waals surface area contributed by atoms with Crippen LogP contribution in [-0.4, -0.2) is 75.6 Å². The lowest BCUT2D eigenvalue weighted by Gasteiger charge is -2.37. The molecule has 3 rings (SSSR count). The number of ether oxygens (including phenoxy) is 1. The van der Waals surface area contributed by atoms with Crippen molar-refractivity contribution in [3.05, 3.63) is 42.4 Å². The molecule has 8 nitrogen and oxygen atoms in total. The first-order valence-electron chi connectivity index (χ1n) is 10.0. The minimum atomic E-state index is -0.362. The van der Waals surface area contributed by atoms with Crippen molar-refractivity contribution in [1.82, 2.24) is 19.8 Å². The van der Waals surface area contributed by atoms with Crippen LogP contribution in [0.1, 0.15) is 31.1 Å². The second-order valence-electron chi connectivity index (χ2n) is 7.84. The van der Waals surface area contributed by atoms with E-state index in [9.17, 15) is 14.7 Å². The van der Waals surface area contributed by atoms with Crippen LogP contribution in [0.2, 0.25) is 0 Å². The van der Waals surface area contributed by atoms with Crippen molar-refractivity contribution in [2.75, 3.05) is 26.7 Å². The van der Waals surface area contributed by atoms with E-state index in [-0.39, 0.29) is 42.4 Å². The molecule has 0 aromatic carbocycles. The Morgan fingerprint density at radius 1 is 1.40 bits per heavy atom. The first-order valence-corrected chi connectivity index (χ1v) is 10.0. The van der Waals surface area contributed by atoms with Gasteiger partial charge in [-0.1, -0.05) is 13.0 Å². The standard InChI is InChI=1S/C22H28N4O4/c1-14-11-26(15(2)13-27)22(29)19-8-18(17-6-5-7-23-9-17)10-24-21(19)30-20(14)12-25(4)16(3)28/h5-10,14-15,20,27H,11-13H2,1-4H3/t14-,15-,20+/m0/s1. The van der Waals surface area contributed by atoms with E-state index < -0.39 is 0 Å². The molecule has 0 radical (unpaired) electrons. The molecule has 8 heteroatoms. The number of carbonyl (C=O) groups is 2. The molecular formula is C22H28N4O4. The van der Waals surface area contributed by atoms with Crippen LogP contribution >= 0.6 is 0 Å². The maximum absolute atomic E-state index is 13.4. The molecule has 0 aliphatic carbocycles. The van der Waals surface area contributed by atoms with Crippen LogP contribution in [0.25, 0.3) is 11.1 Å². The van der Waals surface area contributed by atoms with Gasteiger partial charge in [-0.2, -0.15) is 0 Å². The molecule has 1 N–H and O–H groups in total. The van der Waals surface area contributed by atoms with E-state index >= 15 is 0 Å². The van der Waals surface area contributed by atoms with Crippen molar-refractivity contribution in [2.45, 2.75) is 32.9 Å². The number of amides is 2. The highest BCUT2D eigenvalue weighted by Crippen LogP contribution is 2.30. The molecule has 1 aliphatic heterocycles. The van der Waals surface area contributed by atoms with Crippen molar-refractivity contribution in [3.63, 3.8) is 0 Å². The van der Waals surface area contributed by atoms with Gasteiger partial charge in [-0.25, -0.2) is 4.98 Å². The third-order valence-corrected chi connectivity index (χ3v) is 5.51. The topological polar surface area (TPSA) is 95.9 Å². The summed E-state index contributed by atoms with van der Waals surface area (Å²) in [6.45, 7) is 5.90. The van der Waals surface area contributed by atoms with E-state index in [0.29, 0.717) is 18.7 Å². The summed E-state index contributed by atoms with van der Waals surface area (Å²) in [7, 11) is 1.72. The van der Waals surface area contributed by atoms with Crippen molar-refractivity contribution in [2.24, 2.45) is 5.92 Å². The van der Waals surface area contributed by atoms with Crippen LogP contribution in [0, 0.1) is 5.92 Å². The zero-order valence-electron chi connectivity index (χ0n) is 17.8. The number of aliphatic hydroxyl groups is 1. The smallest absolute Gasteiger partial charge is 0.259 e.